The summed E-state index contributed by atoms with van der Waals surface area (Å²) in [6, 6.07) is 13.2. The van der Waals surface area contributed by atoms with Crippen LogP contribution in [0.25, 0.3) is 0 Å². The molecule has 0 spiro atoms. The second-order valence-corrected chi connectivity index (χ2v) is 13.2. The van der Waals surface area contributed by atoms with Crippen molar-refractivity contribution in [2.75, 3.05) is 51.2 Å². The van der Waals surface area contributed by atoms with Gasteiger partial charge in [-0.3, -0.25) is 14.5 Å². The molecule has 2 aromatic rings. The lowest BCUT2D eigenvalue weighted by molar-refractivity contribution is -0.129. The van der Waals surface area contributed by atoms with Crippen LogP contribution in [0, 0.1) is 11.8 Å². The molecule has 3 aliphatic heterocycles. The largest absolute Gasteiger partial charge is 0.490 e. The molecule has 6 rings (SSSR count). The van der Waals surface area contributed by atoms with E-state index in [1.54, 1.807) is 6.92 Å². The SMILES string of the molecule is CC(=O)N1CCC(Nc2cc(P)c3c(c2)C(=O)N(CC(CC2CCC2)CN2CCc4ccccc4C2)CCO3)CC1. The lowest BCUT2D eigenvalue weighted by Crippen LogP contribution is -2.43. The van der Waals surface area contributed by atoms with Crippen LogP contribution in [-0.4, -0.2) is 78.4 Å². The van der Waals surface area contributed by atoms with E-state index in [-0.39, 0.29) is 17.9 Å². The lowest BCUT2D eigenvalue weighted by atomic mass is 9.78. The van der Waals surface area contributed by atoms with Gasteiger partial charge in [0.25, 0.3) is 5.91 Å². The molecule has 3 heterocycles. The number of hydrogen-bond donors (Lipinski definition) is 1. The number of nitrogens with one attached hydrogen (secondary N) is 1. The van der Waals surface area contributed by atoms with E-state index < -0.39 is 0 Å². The van der Waals surface area contributed by atoms with E-state index in [0.29, 0.717) is 30.4 Å². The number of carbonyl (C=O) groups excluding carboxylic acids is 2. The Kier molecular flexibility index (Phi) is 8.83. The predicted molar refractivity (Wildman–Crippen MR) is 167 cm³/mol. The number of ether oxygens (including phenoxy) is 1. The minimum absolute atomic E-state index is 0.0823. The zero-order valence-electron chi connectivity index (χ0n) is 24.4. The molecule has 41 heavy (non-hydrogen) atoms. The maximum absolute atomic E-state index is 14.1. The molecule has 2 aromatic carbocycles. The van der Waals surface area contributed by atoms with Gasteiger partial charge in [0.2, 0.25) is 5.91 Å². The van der Waals surface area contributed by atoms with Crippen LogP contribution in [0.2, 0.25) is 0 Å². The van der Waals surface area contributed by atoms with Gasteiger partial charge in [0, 0.05) is 63.2 Å². The summed E-state index contributed by atoms with van der Waals surface area (Å²) in [7, 11) is 2.77. The first-order chi connectivity index (χ1) is 19.9. The lowest BCUT2D eigenvalue weighted by Gasteiger charge is -2.37. The molecule has 2 atom stereocenters. The predicted octanol–water partition coefficient (Wildman–Crippen LogP) is 4.31. The Morgan fingerprint density at radius 3 is 2.56 bits per heavy atom. The highest BCUT2D eigenvalue weighted by atomic mass is 31.0. The average molecular weight is 577 g/mol. The number of carbonyl (C=O) groups is 2. The molecule has 0 bridgehead atoms. The molecule has 1 N–H and O–H groups in total. The smallest absolute Gasteiger partial charge is 0.257 e. The van der Waals surface area contributed by atoms with Crippen molar-refractivity contribution in [2.45, 2.75) is 64.5 Å². The summed E-state index contributed by atoms with van der Waals surface area (Å²) in [6.45, 7) is 8.24. The molecule has 2 unspecified atom stereocenters. The number of nitrogens with zero attached hydrogens (tertiary/aromatic N) is 3. The van der Waals surface area contributed by atoms with Crippen molar-refractivity contribution in [1.29, 1.82) is 0 Å². The highest BCUT2D eigenvalue weighted by Crippen LogP contribution is 2.34. The first kappa shape index (κ1) is 28.5. The fourth-order valence-corrected chi connectivity index (χ4v) is 7.54. The Balaban J connectivity index is 1.15. The molecule has 4 aliphatic rings. The number of benzene rings is 2. The van der Waals surface area contributed by atoms with Crippen LogP contribution in [0.4, 0.5) is 5.69 Å². The third-order valence-electron chi connectivity index (χ3n) is 9.65. The quantitative estimate of drug-likeness (QED) is 0.475. The van der Waals surface area contributed by atoms with Crippen molar-refractivity contribution in [1.82, 2.24) is 14.7 Å². The highest BCUT2D eigenvalue weighted by Gasteiger charge is 2.31. The number of fused-ring (bicyclic) bond motifs is 2. The van der Waals surface area contributed by atoms with Crippen molar-refractivity contribution >= 4 is 32.0 Å². The van der Waals surface area contributed by atoms with Gasteiger partial charge < -0.3 is 19.9 Å². The molecular formula is C33H45N4O3P. The molecular weight excluding hydrogens is 531 g/mol. The van der Waals surface area contributed by atoms with Gasteiger partial charge in [0.05, 0.1) is 12.1 Å². The van der Waals surface area contributed by atoms with Gasteiger partial charge in [-0.2, -0.15) is 0 Å². The van der Waals surface area contributed by atoms with E-state index in [9.17, 15) is 9.59 Å². The molecule has 7 nitrogen and oxygen atoms in total. The van der Waals surface area contributed by atoms with E-state index in [1.807, 2.05) is 11.0 Å². The van der Waals surface area contributed by atoms with Crippen LogP contribution < -0.4 is 15.4 Å². The minimum atomic E-state index is 0.0823. The third kappa shape index (κ3) is 6.73. The number of amides is 2. The van der Waals surface area contributed by atoms with Gasteiger partial charge in [-0.25, -0.2) is 0 Å². The standard InChI is InChI=1S/C33H45N4O3P/c1-23(38)36-13-10-28(11-14-36)34-29-18-30-32(31(41)19-29)40-16-15-37(33(30)39)21-25(17-24-5-4-6-24)20-35-12-9-26-7-2-3-8-27(26)22-35/h2-3,7-8,18-19,24-25,28,34H,4-6,9-17,20-22,41H2,1H3. The van der Waals surface area contributed by atoms with E-state index >= 15 is 0 Å². The Morgan fingerprint density at radius 2 is 1.83 bits per heavy atom. The molecule has 2 fully saturated rings. The van der Waals surface area contributed by atoms with E-state index in [1.165, 1.54) is 36.8 Å². The second-order valence-electron chi connectivity index (χ2n) is 12.6. The first-order valence-corrected chi connectivity index (χ1v) is 16.2. The number of piperidine rings is 1. The molecule has 0 aromatic heterocycles. The van der Waals surface area contributed by atoms with Gasteiger partial charge in [-0.05, 0) is 60.8 Å². The second kappa shape index (κ2) is 12.7. The monoisotopic (exact) mass is 576 g/mol. The van der Waals surface area contributed by atoms with E-state index in [0.717, 1.165) is 75.4 Å². The van der Waals surface area contributed by atoms with Gasteiger partial charge in [-0.1, -0.05) is 43.5 Å². The molecule has 1 saturated heterocycles. The van der Waals surface area contributed by atoms with Crippen LogP contribution in [-0.2, 0) is 17.8 Å². The van der Waals surface area contributed by atoms with Crippen molar-refractivity contribution < 1.29 is 14.3 Å². The van der Waals surface area contributed by atoms with Crippen molar-refractivity contribution in [3.05, 3.63) is 53.1 Å². The minimum Gasteiger partial charge on any atom is -0.490 e. The Bertz CT molecular complexity index is 1260. The summed E-state index contributed by atoms with van der Waals surface area (Å²) in [6.07, 6.45) is 8.12. The summed E-state index contributed by atoms with van der Waals surface area (Å²) < 4.78 is 6.18. The highest BCUT2D eigenvalue weighted by molar-refractivity contribution is 7.27. The Labute approximate surface area is 247 Å². The number of anilines is 1. The van der Waals surface area contributed by atoms with Gasteiger partial charge in [0.15, 0.2) is 0 Å². The van der Waals surface area contributed by atoms with Gasteiger partial charge in [-0.15, -0.1) is 9.24 Å². The third-order valence-corrected chi connectivity index (χ3v) is 10.1. The summed E-state index contributed by atoms with van der Waals surface area (Å²) >= 11 is 0. The van der Waals surface area contributed by atoms with Crippen LogP contribution >= 0.6 is 9.24 Å². The van der Waals surface area contributed by atoms with E-state index in [2.05, 4.69) is 54.7 Å². The Morgan fingerprint density at radius 1 is 1.05 bits per heavy atom. The first-order valence-electron chi connectivity index (χ1n) is 15.6. The van der Waals surface area contributed by atoms with Gasteiger partial charge in [0.1, 0.15) is 12.4 Å². The summed E-state index contributed by atoms with van der Waals surface area (Å²) in [5.74, 6) is 2.18. The number of hydrogen-bond acceptors (Lipinski definition) is 5. The summed E-state index contributed by atoms with van der Waals surface area (Å²) in [5, 5.41) is 4.56. The van der Waals surface area contributed by atoms with Crippen LogP contribution in [0.3, 0.4) is 0 Å². The molecule has 220 valence electrons. The molecule has 2 amide bonds. The maximum atomic E-state index is 14.1. The summed E-state index contributed by atoms with van der Waals surface area (Å²) in [4.78, 5) is 32.4. The molecule has 1 saturated carbocycles. The number of rotatable bonds is 8. The topological polar surface area (TPSA) is 65.1 Å². The van der Waals surface area contributed by atoms with Gasteiger partial charge >= 0.3 is 0 Å². The van der Waals surface area contributed by atoms with Crippen molar-refractivity contribution in [3.8, 4) is 5.75 Å². The zero-order valence-corrected chi connectivity index (χ0v) is 25.6. The average Bonchev–Trinajstić information content (AvgIpc) is 3.10. The maximum Gasteiger partial charge on any atom is 0.257 e. The molecule has 0 radical (unpaired) electrons. The number of likely N-dealkylation sites (tertiary alicyclic amines) is 1. The molecule has 8 heteroatoms. The normalized spacial score (nSPS) is 20.9. The van der Waals surface area contributed by atoms with Crippen molar-refractivity contribution in [2.24, 2.45) is 11.8 Å². The fraction of sp³-hybridized carbons (Fsp3) is 0.576. The fourth-order valence-electron chi connectivity index (χ4n) is 7.13. The van der Waals surface area contributed by atoms with E-state index in [4.69, 9.17) is 4.74 Å². The van der Waals surface area contributed by atoms with Crippen LogP contribution in [0.5, 0.6) is 5.75 Å². The summed E-state index contributed by atoms with van der Waals surface area (Å²) in [5.41, 5.74) is 4.55. The van der Waals surface area contributed by atoms with Crippen LogP contribution in [0.1, 0.15) is 66.9 Å². The van der Waals surface area contributed by atoms with Crippen LogP contribution in [0.15, 0.2) is 36.4 Å². The zero-order chi connectivity index (χ0) is 28.3. The van der Waals surface area contributed by atoms with Crippen molar-refractivity contribution in [3.63, 3.8) is 0 Å². The molecule has 1 aliphatic carbocycles. The Hall–Kier alpha value is -2.63.